The van der Waals surface area contributed by atoms with Crippen LogP contribution < -0.4 is 16.0 Å². The number of hydrogen-bond donors (Lipinski definition) is 2. The number of amides is 1. The summed E-state index contributed by atoms with van der Waals surface area (Å²) in [5, 5.41) is 3.76. The van der Waals surface area contributed by atoms with E-state index in [0.29, 0.717) is 33.4 Å². The monoisotopic (exact) mass is 376 g/mol. The van der Waals surface area contributed by atoms with Gasteiger partial charge in [-0.25, -0.2) is 0 Å². The molecule has 1 unspecified atom stereocenters. The first kappa shape index (κ1) is 16.6. The molecule has 25 heavy (non-hydrogen) atoms. The van der Waals surface area contributed by atoms with Crippen molar-refractivity contribution in [3.05, 3.63) is 45.6 Å². The number of halogens is 2. The van der Waals surface area contributed by atoms with Crippen LogP contribution in [0.1, 0.15) is 28.8 Å². The molecule has 2 aromatic rings. The zero-order valence-corrected chi connectivity index (χ0v) is 15.1. The van der Waals surface area contributed by atoms with Crippen LogP contribution in [0.4, 0.5) is 5.69 Å². The van der Waals surface area contributed by atoms with Crippen LogP contribution in [-0.2, 0) is 6.54 Å². The maximum absolute atomic E-state index is 12.5. The van der Waals surface area contributed by atoms with Gasteiger partial charge in [0.2, 0.25) is 0 Å². The van der Waals surface area contributed by atoms with Gasteiger partial charge in [0.15, 0.2) is 0 Å². The zero-order valence-electron chi connectivity index (χ0n) is 13.6. The van der Waals surface area contributed by atoms with Crippen LogP contribution >= 0.6 is 23.2 Å². The van der Waals surface area contributed by atoms with E-state index in [-0.39, 0.29) is 11.9 Å². The maximum Gasteiger partial charge on any atom is 0.254 e. The molecule has 0 spiro atoms. The van der Waals surface area contributed by atoms with Crippen molar-refractivity contribution in [1.29, 1.82) is 0 Å². The Morgan fingerprint density at radius 3 is 2.96 bits per heavy atom. The number of hydrogen-bond acceptors (Lipinski definition) is 4. The second-order valence-corrected chi connectivity index (χ2v) is 7.26. The molecule has 1 aromatic heterocycles. The minimum absolute atomic E-state index is 0.128. The molecular formula is C18H18Cl2N4O. The van der Waals surface area contributed by atoms with Crippen LogP contribution in [0.25, 0.3) is 11.3 Å². The molecule has 2 aliphatic rings. The molecule has 0 aliphatic carbocycles. The molecule has 0 radical (unpaired) electrons. The minimum atomic E-state index is -0.128. The average Bonchev–Trinajstić information content (AvgIpc) is 2.99. The molecule has 3 N–H and O–H groups in total. The molecule has 4 rings (SSSR count). The van der Waals surface area contributed by atoms with Gasteiger partial charge in [0.05, 0.1) is 33.2 Å². The summed E-state index contributed by atoms with van der Waals surface area (Å²) >= 11 is 12.5. The summed E-state index contributed by atoms with van der Waals surface area (Å²) < 4.78 is 0. The summed E-state index contributed by atoms with van der Waals surface area (Å²) in [4.78, 5) is 19.3. The van der Waals surface area contributed by atoms with Gasteiger partial charge in [-0.2, -0.15) is 0 Å². The highest BCUT2D eigenvalue weighted by atomic mass is 35.5. The van der Waals surface area contributed by atoms with Crippen molar-refractivity contribution in [2.45, 2.75) is 25.4 Å². The number of pyridine rings is 1. The van der Waals surface area contributed by atoms with E-state index in [1.165, 1.54) is 0 Å². The van der Waals surface area contributed by atoms with Gasteiger partial charge in [0.25, 0.3) is 5.91 Å². The Balaban J connectivity index is 1.85. The van der Waals surface area contributed by atoms with E-state index < -0.39 is 0 Å². The van der Waals surface area contributed by atoms with Gasteiger partial charge in [0, 0.05) is 36.8 Å². The van der Waals surface area contributed by atoms with Gasteiger partial charge in [0.1, 0.15) is 0 Å². The van der Waals surface area contributed by atoms with Gasteiger partial charge in [-0.3, -0.25) is 9.78 Å². The lowest BCUT2D eigenvalue weighted by atomic mass is 9.99. The number of nitrogens with zero attached hydrogens (tertiary/aromatic N) is 2. The third kappa shape index (κ3) is 2.86. The fourth-order valence-corrected chi connectivity index (χ4v) is 4.00. The van der Waals surface area contributed by atoms with Crippen LogP contribution in [0.3, 0.4) is 0 Å². The Bertz CT molecular complexity index is 855. The third-order valence-corrected chi connectivity index (χ3v) is 5.64. The number of rotatable bonds is 2. The topological polar surface area (TPSA) is 71.2 Å². The van der Waals surface area contributed by atoms with Crippen LogP contribution in [0.5, 0.6) is 0 Å². The molecule has 1 amide bonds. The third-order valence-electron chi connectivity index (χ3n) is 4.82. The van der Waals surface area contributed by atoms with Crippen molar-refractivity contribution in [3.8, 4) is 11.3 Å². The van der Waals surface area contributed by atoms with E-state index in [4.69, 9.17) is 28.9 Å². The first-order valence-corrected chi connectivity index (χ1v) is 9.07. The highest BCUT2D eigenvalue weighted by molar-refractivity contribution is 6.43. The smallest absolute Gasteiger partial charge is 0.254 e. The summed E-state index contributed by atoms with van der Waals surface area (Å²) in [7, 11) is 0. The van der Waals surface area contributed by atoms with Crippen molar-refractivity contribution in [2.75, 3.05) is 18.0 Å². The number of piperidine rings is 1. The molecule has 1 atom stereocenters. The standard InChI is InChI=1S/C18H18Cl2N4O/c19-13-5-1-4-11(16(13)20)17-15-12(7-23-18(15)25)14(8-22-17)24-6-2-3-10(21)9-24/h1,4-5,8,10H,2-3,6-7,9,21H2,(H,23,25). The van der Waals surface area contributed by atoms with Crippen molar-refractivity contribution in [3.63, 3.8) is 0 Å². The van der Waals surface area contributed by atoms with Crippen LogP contribution in [-0.4, -0.2) is 30.0 Å². The lowest BCUT2D eigenvalue weighted by Gasteiger charge is -2.33. The number of carbonyl (C=O) groups excluding carboxylic acids is 1. The van der Waals surface area contributed by atoms with Gasteiger partial charge >= 0.3 is 0 Å². The lowest BCUT2D eigenvalue weighted by molar-refractivity contribution is 0.0966. The maximum atomic E-state index is 12.5. The van der Waals surface area contributed by atoms with Crippen molar-refractivity contribution in [2.24, 2.45) is 5.73 Å². The normalized spacial score (nSPS) is 19.7. The zero-order chi connectivity index (χ0) is 17.6. The molecule has 1 fully saturated rings. The summed E-state index contributed by atoms with van der Waals surface area (Å²) in [6, 6.07) is 5.51. The fraction of sp³-hybridized carbons (Fsp3) is 0.333. The van der Waals surface area contributed by atoms with E-state index in [1.807, 2.05) is 18.3 Å². The number of anilines is 1. The van der Waals surface area contributed by atoms with Crippen LogP contribution in [0.15, 0.2) is 24.4 Å². The van der Waals surface area contributed by atoms with Gasteiger partial charge < -0.3 is 16.0 Å². The number of nitrogens with two attached hydrogens (primary N) is 1. The first-order chi connectivity index (χ1) is 12.1. The van der Waals surface area contributed by atoms with Crippen LogP contribution in [0, 0.1) is 0 Å². The SMILES string of the molecule is NC1CCCN(c2cnc(-c3cccc(Cl)c3Cl)c3c2CNC3=O)C1. The van der Waals surface area contributed by atoms with E-state index in [2.05, 4.69) is 15.2 Å². The molecule has 3 heterocycles. The first-order valence-electron chi connectivity index (χ1n) is 8.31. The number of nitrogens with one attached hydrogen (secondary N) is 1. The quantitative estimate of drug-likeness (QED) is 0.843. The summed E-state index contributed by atoms with van der Waals surface area (Å²) in [6.07, 6.45) is 3.89. The van der Waals surface area contributed by atoms with E-state index >= 15 is 0 Å². The predicted octanol–water partition coefficient (Wildman–Crippen LogP) is 3.23. The fourth-order valence-electron chi connectivity index (χ4n) is 3.61. The molecule has 1 aromatic carbocycles. The number of aromatic nitrogens is 1. The minimum Gasteiger partial charge on any atom is -0.368 e. The molecule has 0 saturated carbocycles. The lowest BCUT2D eigenvalue weighted by Crippen LogP contribution is -2.43. The molecular weight excluding hydrogens is 359 g/mol. The summed E-state index contributed by atoms with van der Waals surface area (Å²) in [5.41, 5.74) is 9.88. The van der Waals surface area contributed by atoms with Crippen molar-refractivity contribution in [1.82, 2.24) is 10.3 Å². The summed E-state index contributed by atoms with van der Waals surface area (Å²) in [6.45, 7) is 2.19. The predicted molar refractivity (Wildman–Crippen MR) is 100 cm³/mol. The second-order valence-electron chi connectivity index (χ2n) is 6.48. The van der Waals surface area contributed by atoms with Crippen LogP contribution in [0.2, 0.25) is 10.0 Å². The molecule has 7 heteroatoms. The molecule has 2 aliphatic heterocycles. The van der Waals surface area contributed by atoms with E-state index in [0.717, 1.165) is 37.2 Å². The largest absolute Gasteiger partial charge is 0.368 e. The Labute approximate surface area is 156 Å². The molecule has 0 bridgehead atoms. The van der Waals surface area contributed by atoms with E-state index in [9.17, 15) is 4.79 Å². The molecule has 1 saturated heterocycles. The molecule has 5 nitrogen and oxygen atoms in total. The second kappa shape index (κ2) is 6.48. The Kier molecular flexibility index (Phi) is 4.31. The highest BCUT2D eigenvalue weighted by Gasteiger charge is 2.31. The number of benzene rings is 1. The summed E-state index contributed by atoms with van der Waals surface area (Å²) in [5.74, 6) is -0.128. The Morgan fingerprint density at radius 2 is 2.16 bits per heavy atom. The average molecular weight is 377 g/mol. The van der Waals surface area contributed by atoms with Gasteiger partial charge in [-0.15, -0.1) is 0 Å². The number of carbonyl (C=O) groups is 1. The Hall–Kier alpha value is -1.82. The highest BCUT2D eigenvalue weighted by Crippen LogP contribution is 2.39. The Morgan fingerprint density at radius 1 is 1.32 bits per heavy atom. The van der Waals surface area contributed by atoms with Gasteiger partial charge in [-0.05, 0) is 18.9 Å². The molecule has 130 valence electrons. The van der Waals surface area contributed by atoms with E-state index in [1.54, 1.807) is 6.07 Å². The van der Waals surface area contributed by atoms with Crippen molar-refractivity contribution >= 4 is 34.8 Å². The number of fused-ring (bicyclic) bond motifs is 1. The van der Waals surface area contributed by atoms with Crippen molar-refractivity contribution < 1.29 is 4.79 Å². The van der Waals surface area contributed by atoms with Gasteiger partial charge in [-0.1, -0.05) is 35.3 Å².